The highest BCUT2D eigenvalue weighted by Crippen LogP contribution is 2.30. The van der Waals surface area contributed by atoms with Gasteiger partial charge in [-0.05, 0) is 0 Å². The molecule has 0 aromatic carbocycles. The highest BCUT2D eigenvalue weighted by atomic mass is 32.3. The summed E-state index contributed by atoms with van der Waals surface area (Å²) in [6.07, 6.45) is -5.69. The van der Waals surface area contributed by atoms with Crippen molar-refractivity contribution >= 4 is 56.0 Å². The fraction of sp³-hybridized carbons (Fsp3) is 0.571. The summed E-state index contributed by atoms with van der Waals surface area (Å²) in [5, 5.41) is 39.4. The highest BCUT2D eigenvalue weighted by molar-refractivity contribution is 8.06. The Morgan fingerprint density at radius 3 is 1.35 bits per heavy atom. The lowest BCUT2D eigenvalue weighted by Crippen LogP contribution is -2.55. The van der Waals surface area contributed by atoms with E-state index in [2.05, 4.69) is 9.47 Å². The Labute approximate surface area is 191 Å². The van der Waals surface area contributed by atoms with Crippen LogP contribution >= 0.6 is 0 Å². The van der Waals surface area contributed by atoms with E-state index in [9.17, 15) is 49.9 Å². The summed E-state index contributed by atoms with van der Waals surface area (Å²) in [7, 11) is -12.4. The molecule has 0 aliphatic heterocycles. The molecule has 0 saturated heterocycles. The predicted octanol–water partition coefficient (Wildman–Crippen LogP) is -2.86. The van der Waals surface area contributed by atoms with Crippen molar-refractivity contribution in [2.75, 3.05) is 13.2 Å². The number of esters is 3. The van der Waals surface area contributed by atoms with E-state index in [1.54, 1.807) is 0 Å². The molecule has 0 atom stereocenters. The molecule has 20 heteroatoms. The Bertz CT molecular complexity index is 963. The zero-order chi connectivity index (χ0) is 27.3. The van der Waals surface area contributed by atoms with Crippen LogP contribution in [0.3, 0.4) is 0 Å². The second kappa shape index (κ2) is 14.3. The summed E-state index contributed by atoms with van der Waals surface area (Å²) in [6.45, 7) is -0.250. The van der Waals surface area contributed by atoms with E-state index in [-0.39, 0.29) is 13.2 Å². The van der Waals surface area contributed by atoms with Crippen LogP contribution in [0.5, 0.6) is 0 Å². The molecule has 0 fully saturated rings. The number of carbonyl (C=O) groups excluding carboxylic acids is 3. The Morgan fingerprint density at radius 2 is 1.06 bits per heavy atom. The number of carboxylic acid groups (broad SMARTS) is 2. The molecule has 0 aromatic rings. The molecule has 0 rings (SSSR count). The number of hydrogen-bond donors (Lipinski definition) is 7. The van der Waals surface area contributed by atoms with Gasteiger partial charge in [-0.3, -0.25) is 33.7 Å². The first-order chi connectivity index (χ1) is 15.3. The van der Waals surface area contributed by atoms with Gasteiger partial charge in [-0.1, -0.05) is 0 Å². The van der Waals surface area contributed by atoms with Gasteiger partial charge in [-0.15, -0.1) is 0 Å². The van der Waals surface area contributed by atoms with Crippen molar-refractivity contribution in [2.45, 2.75) is 36.2 Å². The van der Waals surface area contributed by atoms with Gasteiger partial charge in [0.15, 0.2) is 5.90 Å². The molecule has 18 nitrogen and oxygen atoms in total. The molecule has 0 heterocycles. The third kappa shape index (κ3) is 11.2. The molecule has 0 aliphatic carbocycles. The van der Waals surface area contributed by atoms with Crippen molar-refractivity contribution < 1.29 is 79.8 Å². The first-order valence-electron chi connectivity index (χ1n) is 8.48. The maximum Gasteiger partial charge on any atom is 0.356 e. The summed E-state index contributed by atoms with van der Waals surface area (Å²) in [6, 6.07) is 0. The van der Waals surface area contributed by atoms with E-state index in [1.165, 1.54) is 0 Å². The molecule has 0 amide bonds. The lowest BCUT2D eigenvalue weighted by atomic mass is 10.2. The Hall–Kier alpha value is -3.04. The molecule has 196 valence electrons. The topological polar surface area (TPSA) is 317 Å². The largest absolute Gasteiger partial charge is 0.481 e. The number of nitrogens with one attached hydrogen (secondary N) is 1. The number of carboxylic acids is 2. The first-order valence-corrected chi connectivity index (χ1v) is 11.4. The van der Waals surface area contributed by atoms with Crippen molar-refractivity contribution in [3.05, 3.63) is 0 Å². The van der Waals surface area contributed by atoms with Crippen LogP contribution < -0.4 is 0 Å². The van der Waals surface area contributed by atoms with Gasteiger partial charge in [0.1, 0.15) is 0 Å². The molecule has 0 aromatic heterocycles. The highest BCUT2D eigenvalue weighted by Gasteiger charge is 2.64. The van der Waals surface area contributed by atoms with Crippen molar-refractivity contribution in [3.8, 4) is 0 Å². The summed E-state index contributed by atoms with van der Waals surface area (Å²) in [5.74, 6) is -10.5. The smallest absolute Gasteiger partial charge is 0.356 e. The van der Waals surface area contributed by atoms with Gasteiger partial charge in [-0.2, -0.15) is 16.8 Å². The predicted molar refractivity (Wildman–Crippen MR) is 103 cm³/mol. The quantitative estimate of drug-likeness (QED) is 0.0431. The average Bonchev–Trinajstić information content (AvgIpc) is 2.67. The van der Waals surface area contributed by atoms with Crippen LogP contribution in [0, 0.1) is 5.41 Å². The van der Waals surface area contributed by atoms with Gasteiger partial charge < -0.3 is 29.9 Å². The number of aliphatic carboxylic acids is 2. The zero-order valence-electron chi connectivity index (χ0n) is 16.9. The van der Waals surface area contributed by atoms with E-state index in [0.29, 0.717) is 0 Å². The summed E-state index contributed by atoms with van der Waals surface area (Å²) in [4.78, 5) is 55.6. The Balaban J connectivity index is 0. The number of hydrogen-bond acceptors (Lipinski definition) is 14. The normalized spacial score (nSPS) is 11.4. The second-order valence-electron chi connectivity index (χ2n) is 5.77. The van der Waals surface area contributed by atoms with Crippen LogP contribution in [0.15, 0.2) is 0 Å². The number of rotatable bonds is 12. The van der Waals surface area contributed by atoms with Crippen LogP contribution in [0.4, 0.5) is 0 Å². The second-order valence-corrected chi connectivity index (χ2v) is 9.33. The maximum absolute atomic E-state index is 12.1. The molecule has 0 saturated carbocycles. The number of aliphatic hydroxyl groups excluding tert-OH is 2. The summed E-state index contributed by atoms with van der Waals surface area (Å²) in [5.41, 5.74) is 0. The minimum Gasteiger partial charge on any atom is -0.481 e. The number of ether oxygens (including phenoxy) is 2. The monoisotopic (exact) mass is 539 g/mol. The molecular formula is C14H21NO17S2. The third-order valence-corrected chi connectivity index (χ3v) is 6.72. The fourth-order valence-electron chi connectivity index (χ4n) is 1.68. The van der Waals surface area contributed by atoms with Crippen molar-refractivity contribution in [3.63, 3.8) is 0 Å². The van der Waals surface area contributed by atoms with Crippen LogP contribution in [0.2, 0.25) is 0 Å². The molecule has 0 spiro atoms. The third-order valence-electron chi connectivity index (χ3n) is 3.17. The first kappa shape index (κ1) is 33.1. The van der Waals surface area contributed by atoms with Crippen molar-refractivity contribution in [2.24, 2.45) is 0 Å². The Morgan fingerprint density at radius 1 is 0.706 bits per heavy atom. The van der Waals surface area contributed by atoms with Crippen LogP contribution in [0.25, 0.3) is 0 Å². The van der Waals surface area contributed by atoms with Gasteiger partial charge in [-0.25, -0.2) is 4.79 Å². The average molecular weight is 539 g/mol. The lowest BCUT2D eigenvalue weighted by Gasteiger charge is -2.24. The summed E-state index contributed by atoms with van der Waals surface area (Å²) >= 11 is 0. The number of aliphatic hydroxyl groups is 2. The van der Waals surface area contributed by atoms with E-state index in [4.69, 9.17) is 25.8 Å². The van der Waals surface area contributed by atoms with Crippen molar-refractivity contribution in [1.29, 1.82) is 5.41 Å². The fourth-order valence-corrected chi connectivity index (χ4v) is 3.88. The minimum atomic E-state index is -6.22. The standard InChI is InChI=1S/C12H15NO15S2.C2H6O2/c13-6(27-9(18)3-1-7(14)15)5-12(29(21,22)23,30(24,25)26)11(20)28-10(19)4-2-8(16)17;3-1-2-4/h13H,1-5H2,(H,14,15)(H,16,17)(H,21,22,23)(H,24,25,26);3-4H,1-2H2. The molecule has 0 aliphatic rings. The van der Waals surface area contributed by atoms with Gasteiger partial charge in [0.05, 0.1) is 45.3 Å². The number of carbonyl (C=O) groups is 5. The molecule has 0 bridgehead atoms. The lowest BCUT2D eigenvalue weighted by molar-refractivity contribution is -0.161. The minimum absolute atomic E-state index is 0.125. The van der Waals surface area contributed by atoms with Gasteiger partial charge in [0, 0.05) is 0 Å². The van der Waals surface area contributed by atoms with Crippen LogP contribution in [-0.4, -0.2) is 99.4 Å². The van der Waals surface area contributed by atoms with Crippen LogP contribution in [0.1, 0.15) is 32.1 Å². The molecule has 0 radical (unpaired) electrons. The van der Waals surface area contributed by atoms with E-state index >= 15 is 0 Å². The summed E-state index contributed by atoms with van der Waals surface area (Å²) < 4.78 is 68.5. The maximum atomic E-state index is 12.1. The van der Waals surface area contributed by atoms with E-state index in [1.807, 2.05) is 0 Å². The SMILES string of the molecule is N=C(CC(C(=O)OC(=O)CCC(=O)O)(S(=O)(=O)O)S(=O)(=O)O)OC(=O)CCC(=O)O.OCCO. The Kier molecular flexibility index (Phi) is 13.9. The van der Waals surface area contributed by atoms with Gasteiger partial charge >= 0.3 is 33.9 Å². The molecule has 34 heavy (non-hydrogen) atoms. The molecule has 0 unspecified atom stereocenters. The van der Waals surface area contributed by atoms with Crippen molar-refractivity contribution in [1.82, 2.24) is 0 Å². The molecular weight excluding hydrogens is 518 g/mol. The van der Waals surface area contributed by atoms with E-state index < -0.39 is 92.2 Å². The van der Waals surface area contributed by atoms with Gasteiger partial charge in [0.2, 0.25) is 0 Å². The van der Waals surface area contributed by atoms with Gasteiger partial charge in [0.25, 0.3) is 20.2 Å². The van der Waals surface area contributed by atoms with Crippen LogP contribution in [-0.2, 0) is 53.7 Å². The molecule has 7 N–H and O–H groups in total. The van der Waals surface area contributed by atoms with E-state index in [0.717, 1.165) is 0 Å². The zero-order valence-corrected chi connectivity index (χ0v) is 18.6.